The van der Waals surface area contributed by atoms with Gasteiger partial charge in [-0.05, 0) is 31.6 Å². The van der Waals surface area contributed by atoms with Crippen LogP contribution < -0.4 is 5.32 Å². The predicted molar refractivity (Wildman–Crippen MR) is 76.4 cm³/mol. The Labute approximate surface area is 106 Å². The van der Waals surface area contributed by atoms with Gasteiger partial charge in [0.05, 0.1) is 0 Å². The topological polar surface area (TPSA) is 15.3 Å². The van der Waals surface area contributed by atoms with Gasteiger partial charge in [0, 0.05) is 18.8 Å². The summed E-state index contributed by atoms with van der Waals surface area (Å²) in [7, 11) is 4.22. The van der Waals surface area contributed by atoms with Crippen molar-refractivity contribution in [3.05, 3.63) is 29.8 Å². The molecule has 1 aromatic carbocycles. The van der Waals surface area contributed by atoms with Crippen molar-refractivity contribution in [3.63, 3.8) is 0 Å². The number of para-hydroxylation sites is 1. The zero-order chi connectivity index (χ0) is 12.7. The molecular weight excluding hydrogens is 208 g/mol. The maximum Gasteiger partial charge on any atom is 0.0385 e. The lowest BCUT2D eigenvalue weighted by atomic mass is 10.0. The van der Waals surface area contributed by atoms with Gasteiger partial charge in [-0.3, -0.25) is 0 Å². The average Bonchev–Trinajstić information content (AvgIpc) is 2.31. The summed E-state index contributed by atoms with van der Waals surface area (Å²) in [5.74, 6) is 0.780. The number of hydrogen-bond donors (Lipinski definition) is 1. The van der Waals surface area contributed by atoms with Crippen molar-refractivity contribution in [2.75, 3.05) is 26.0 Å². The fraction of sp³-hybridized carbons (Fsp3) is 0.600. The number of anilines is 1. The van der Waals surface area contributed by atoms with E-state index >= 15 is 0 Å². The van der Waals surface area contributed by atoms with Crippen LogP contribution in [0.3, 0.4) is 0 Å². The average molecular weight is 234 g/mol. The first-order chi connectivity index (χ1) is 8.17. The van der Waals surface area contributed by atoms with Crippen LogP contribution in [0.2, 0.25) is 0 Å². The van der Waals surface area contributed by atoms with Gasteiger partial charge in [-0.1, -0.05) is 44.9 Å². The molecule has 0 aliphatic rings. The normalized spacial score (nSPS) is 11.2. The molecule has 0 amide bonds. The third kappa shape index (κ3) is 4.78. The maximum atomic E-state index is 3.59. The molecule has 0 fully saturated rings. The van der Waals surface area contributed by atoms with Crippen molar-refractivity contribution < 1.29 is 0 Å². The maximum absolute atomic E-state index is 3.59. The molecule has 96 valence electrons. The molecule has 0 aliphatic carbocycles. The second-order valence-corrected chi connectivity index (χ2v) is 4.96. The lowest BCUT2D eigenvalue weighted by molar-refractivity contribution is 0.403. The molecule has 1 aromatic rings. The van der Waals surface area contributed by atoms with Gasteiger partial charge in [0.25, 0.3) is 0 Å². The molecule has 0 radical (unpaired) electrons. The zero-order valence-electron chi connectivity index (χ0n) is 11.7. The van der Waals surface area contributed by atoms with Crippen molar-refractivity contribution in [3.8, 4) is 0 Å². The van der Waals surface area contributed by atoms with E-state index in [1.807, 2.05) is 0 Å². The number of benzene rings is 1. The van der Waals surface area contributed by atoms with E-state index in [4.69, 9.17) is 0 Å². The summed E-state index contributed by atoms with van der Waals surface area (Å²) in [6, 6.07) is 8.60. The SMILES string of the molecule is CCC(CC)CNc1ccccc1CN(C)C. The van der Waals surface area contributed by atoms with Crippen LogP contribution in [-0.4, -0.2) is 25.5 Å². The minimum atomic E-state index is 0.780. The highest BCUT2D eigenvalue weighted by Gasteiger charge is 2.06. The van der Waals surface area contributed by atoms with Gasteiger partial charge in [-0.2, -0.15) is 0 Å². The van der Waals surface area contributed by atoms with Crippen molar-refractivity contribution in [1.82, 2.24) is 4.90 Å². The largest absolute Gasteiger partial charge is 0.385 e. The molecule has 0 atom stereocenters. The summed E-state index contributed by atoms with van der Waals surface area (Å²) in [4.78, 5) is 2.21. The van der Waals surface area contributed by atoms with Gasteiger partial charge in [-0.15, -0.1) is 0 Å². The molecule has 0 bridgehead atoms. The van der Waals surface area contributed by atoms with Gasteiger partial charge < -0.3 is 10.2 Å². The highest BCUT2D eigenvalue weighted by Crippen LogP contribution is 2.18. The van der Waals surface area contributed by atoms with E-state index in [0.717, 1.165) is 19.0 Å². The van der Waals surface area contributed by atoms with E-state index in [9.17, 15) is 0 Å². The summed E-state index contributed by atoms with van der Waals surface area (Å²) in [6.07, 6.45) is 2.50. The van der Waals surface area contributed by atoms with Crippen molar-refractivity contribution in [1.29, 1.82) is 0 Å². The van der Waals surface area contributed by atoms with Crippen LogP contribution in [0.1, 0.15) is 32.3 Å². The Morgan fingerprint density at radius 3 is 2.35 bits per heavy atom. The van der Waals surface area contributed by atoms with Gasteiger partial charge in [0.2, 0.25) is 0 Å². The molecule has 2 heteroatoms. The molecule has 0 heterocycles. The molecule has 1 rings (SSSR count). The monoisotopic (exact) mass is 234 g/mol. The smallest absolute Gasteiger partial charge is 0.0385 e. The molecule has 0 unspecified atom stereocenters. The molecule has 17 heavy (non-hydrogen) atoms. The minimum Gasteiger partial charge on any atom is -0.385 e. The second-order valence-electron chi connectivity index (χ2n) is 4.96. The first kappa shape index (κ1) is 14.0. The third-order valence-electron chi connectivity index (χ3n) is 3.24. The van der Waals surface area contributed by atoms with Crippen LogP contribution in [0.25, 0.3) is 0 Å². The van der Waals surface area contributed by atoms with E-state index in [1.165, 1.54) is 24.1 Å². The Morgan fingerprint density at radius 1 is 1.12 bits per heavy atom. The quantitative estimate of drug-likeness (QED) is 0.775. The molecule has 0 saturated carbocycles. The molecule has 0 aliphatic heterocycles. The first-order valence-corrected chi connectivity index (χ1v) is 6.63. The Kier molecular flexibility index (Phi) is 6.06. The highest BCUT2D eigenvalue weighted by molar-refractivity contribution is 5.51. The standard InChI is InChI=1S/C15H26N2/c1-5-13(6-2)11-16-15-10-8-7-9-14(15)12-17(3)4/h7-10,13,16H,5-6,11-12H2,1-4H3. The fourth-order valence-corrected chi connectivity index (χ4v) is 2.00. The van der Waals surface area contributed by atoms with Gasteiger partial charge in [0.15, 0.2) is 0 Å². The van der Waals surface area contributed by atoms with Crippen molar-refractivity contribution in [2.45, 2.75) is 33.2 Å². The Balaban J connectivity index is 2.63. The number of hydrogen-bond acceptors (Lipinski definition) is 2. The molecule has 1 N–H and O–H groups in total. The number of nitrogens with zero attached hydrogens (tertiary/aromatic N) is 1. The van der Waals surface area contributed by atoms with Crippen molar-refractivity contribution in [2.24, 2.45) is 5.92 Å². The van der Waals surface area contributed by atoms with Crippen LogP contribution in [0.15, 0.2) is 24.3 Å². The lowest BCUT2D eigenvalue weighted by Crippen LogP contribution is -2.16. The van der Waals surface area contributed by atoms with Crippen LogP contribution in [0.4, 0.5) is 5.69 Å². The van der Waals surface area contributed by atoms with Crippen LogP contribution >= 0.6 is 0 Å². The summed E-state index contributed by atoms with van der Waals surface area (Å²) in [6.45, 7) is 6.60. The van der Waals surface area contributed by atoms with E-state index in [0.29, 0.717) is 0 Å². The summed E-state index contributed by atoms with van der Waals surface area (Å²) >= 11 is 0. The van der Waals surface area contributed by atoms with Crippen LogP contribution in [0.5, 0.6) is 0 Å². The molecule has 0 aromatic heterocycles. The van der Waals surface area contributed by atoms with Gasteiger partial charge in [-0.25, -0.2) is 0 Å². The van der Waals surface area contributed by atoms with Crippen molar-refractivity contribution >= 4 is 5.69 Å². The minimum absolute atomic E-state index is 0.780. The lowest BCUT2D eigenvalue weighted by Gasteiger charge is -2.18. The molecule has 2 nitrogen and oxygen atoms in total. The van der Waals surface area contributed by atoms with E-state index in [1.54, 1.807) is 0 Å². The van der Waals surface area contributed by atoms with Gasteiger partial charge >= 0.3 is 0 Å². The van der Waals surface area contributed by atoms with E-state index in [-0.39, 0.29) is 0 Å². The summed E-state index contributed by atoms with van der Waals surface area (Å²) in [5, 5.41) is 3.59. The number of rotatable bonds is 7. The molecular formula is C15H26N2. The molecule has 0 spiro atoms. The summed E-state index contributed by atoms with van der Waals surface area (Å²) < 4.78 is 0. The Bertz CT molecular complexity index is 316. The van der Waals surface area contributed by atoms with Crippen LogP contribution in [0, 0.1) is 5.92 Å². The van der Waals surface area contributed by atoms with E-state index in [2.05, 4.69) is 62.4 Å². The van der Waals surface area contributed by atoms with Crippen LogP contribution in [-0.2, 0) is 6.54 Å². The number of nitrogens with one attached hydrogen (secondary N) is 1. The second kappa shape index (κ2) is 7.33. The first-order valence-electron chi connectivity index (χ1n) is 6.63. The van der Waals surface area contributed by atoms with E-state index < -0.39 is 0 Å². The van der Waals surface area contributed by atoms with Gasteiger partial charge in [0.1, 0.15) is 0 Å². The molecule has 0 saturated heterocycles. The third-order valence-corrected chi connectivity index (χ3v) is 3.24. The Morgan fingerprint density at radius 2 is 1.76 bits per heavy atom. The Hall–Kier alpha value is -1.02. The predicted octanol–water partition coefficient (Wildman–Crippen LogP) is 3.60. The zero-order valence-corrected chi connectivity index (χ0v) is 11.7. The fourth-order valence-electron chi connectivity index (χ4n) is 2.00. The highest BCUT2D eigenvalue weighted by atomic mass is 15.1. The summed E-state index contributed by atoms with van der Waals surface area (Å²) in [5.41, 5.74) is 2.66.